The van der Waals surface area contributed by atoms with Crippen LogP contribution in [0.3, 0.4) is 0 Å². The summed E-state index contributed by atoms with van der Waals surface area (Å²) in [6, 6.07) is 2.21. The van der Waals surface area contributed by atoms with Crippen LogP contribution < -0.4 is 16.8 Å². The molecule has 5 N–H and O–H groups in total. The molecule has 2 fully saturated rings. The van der Waals surface area contributed by atoms with Crippen LogP contribution >= 0.6 is 11.6 Å². The molecule has 20 heavy (non-hydrogen) atoms. The number of anilines is 3. The van der Waals surface area contributed by atoms with E-state index in [0.29, 0.717) is 17.4 Å². The zero-order valence-electron chi connectivity index (χ0n) is 11.3. The monoisotopic (exact) mass is 298 g/mol. The first-order valence-electron chi connectivity index (χ1n) is 7.11. The zero-order valence-corrected chi connectivity index (χ0v) is 12.1. The first-order chi connectivity index (χ1) is 9.58. The van der Waals surface area contributed by atoms with E-state index in [2.05, 4.69) is 10.2 Å². The molecular formula is C14H20ClFN4. The van der Waals surface area contributed by atoms with Crippen molar-refractivity contribution in [2.75, 3.05) is 29.9 Å². The summed E-state index contributed by atoms with van der Waals surface area (Å²) in [4.78, 5) is 2.48. The normalized spacial score (nSPS) is 26.5. The zero-order chi connectivity index (χ0) is 14.3. The van der Waals surface area contributed by atoms with Crippen molar-refractivity contribution in [1.82, 2.24) is 4.90 Å². The number of hydrogen-bond acceptors (Lipinski definition) is 4. The Morgan fingerprint density at radius 3 is 2.80 bits per heavy atom. The van der Waals surface area contributed by atoms with Crippen molar-refractivity contribution in [2.45, 2.75) is 37.8 Å². The van der Waals surface area contributed by atoms with Crippen LogP contribution in [-0.4, -0.2) is 30.1 Å². The van der Waals surface area contributed by atoms with Gasteiger partial charge in [-0.05, 0) is 31.9 Å². The highest BCUT2D eigenvalue weighted by Gasteiger charge is 2.36. The lowest BCUT2D eigenvalue weighted by Gasteiger charge is -2.33. The molecule has 4 nitrogen and oxygen atoms in total. The molecule has 2 unspecified atom stereocenters. The Balaban J connectivity index is 1.83. The Kier molecular flexibility index (Phi) is 3.65. The first-order valence-corrected chi connectivity index (χ1v) is 7.49. The van der Waals surface area contributed by atoms with E-state index < -0.39 is 5.82 Å². The van der Waals surface area contributed by atoms with Crippen LogP contribution in [0, 0.1) is 5.82 Å². The van der Waals surface area contributed by atoms with Gasteiger partial charge in [-0.25, -0.2) is 4.39 Å². The summed E-state index contributed by atoms with van der Waals surface area (Å²) in [6.45, 7) is 2.20. The fraction of sp³-hybridized carbons (Fsp3) is 0.571. The van der Waals surface area contributed by atoms with Gasteiger partial charge in [0.05, 0.1) is 17.1 Å². The molecule has 0 amide bonds. The van der Waals surface area contributed by atoms with E-state index in [-0.39, 0.29) is 16.8 Å². The SMILES string of the molecule is Nc1cc(N)c(NC2CCN3CCCCC23)c(F)c1Cl. The Morgan fingerprint density at radius 2 is 2.00 bits per heavy atom. The number of rotatable bonds is 2. The van der Waals surface area contributed by atoms with Crippen molar-refractivity contribution >= 4 is 28.7 Å². The van der Waals surface area contributed by atoms with Gasteiger partial charge in [0.15, 0.2) is 5.82 Å². The second kappa shape index (κ2) is 5.30. The van der Waals surface area contributed by atoms with Gasteiger partial charge in [0.25, 0.3) is 0 Å². The number of nitrogens with one attached hydrogen (secondary N) is 1. The fourth-order valence-electron chi connectivity index (χ4n) is 3.41. The fourth-order valence-corrected chi connectivity index (χ4v) is 3.56. The maximum Gasteiger partial charge on any atom is 0.169 e. The summed E-state index contributed by atoms with van der Waals surface area (Å²) in [7, 11) is 0. The molecule has 0 radical (unpaired) electrons. The number of nitrogens with two attached hydrogens (primary N) is 2. The van der Waals surface area contributed by atoms with Gasteiger partial charge in [-0.15, -0.1) is 0 Å². The molecule has 2 atom stereocenters. The van der Waals surface area contributed by atoms with Crippen LogP contribution in [0.1, 0.15) is 25.7 Å². The number of halogens is 2. The highest BCUT2D eigenvalue weighted by Crippen LogP contribution is 2.36. The smallest absolute Gasteiger partial charge is 0.169 e. The highest BCUT2D eigenvalue weighted by molar-refractivity contribution is 6.33. The molecule has 2 saturated heterocycles. The van der Waals surface area contributed by atoms with Crippen LogP contribution in [0.15, 0.2) is 6.07 Å². The molecule has 1 aromatic carbocycles. The summed E-state index contributed by atoms with van der Waals surface area (Å²) in [6.07, 6.45) is 4.65. The minimum Gasteiger partial charge on any atom is -0.397 e. The highest BCUT2D eigenvalue weighted by atomic mass is 35.5. The van der Waals surface area contributed by atoms with E-state index in [0.717, 1.165) is 25.9 Å². The van der Waals surface area contributed by atoms with Crippen LogP contribution in [0.5, 0.6) is 0 Å². The molecule has 110 valence electrons. The van der Waals surface area contributed by atoms with Crippen LogP contribution in [0.25, 0.3) is 0 Å². The van der Waals surface area contributed by atoms with Crippen molar-refractivity contribution in [3.05, 3.63) is 16.9 Å². The number of benzene rings is 1. The second-order valence-electron chi connectivity index (χ2n) is 5.70. The Hall–Kier alpha value is -1.20. The molecule has 2 heterocycles. The van der Waals surface area contributed by atoms with E-state index in [1.807, 2.05) is 0 Å². The third-order valence-electron chi connectivity index (χ3n) is 4.45. The number of hydrogen-bond donors (Lipinski definition) is 3. The van der Waals surface area contributed by atoms with Gasteiger partial charge in [0.2, 0.25) is 0 Å². The van der Waals surface area contributed by atoms with Gasteiger partial charge >= 0.3 is 0 Å². The van der Waals surface area contributed by atoms with E-state index in [1.165, 1.54) is 18.9 Å². The maximum atomic E-state index is 14.2. The molecule has 0 saturated carbocycles. The summed E-state index contributed by atoms with van der Waals surface area (Å²) in [5.74, 6) is -0.543. The van der Waals surface area contributed by atoms with Crippen molar-refractivity contribution < 1.29 is 4.39 Å². The molecule has 0 spiro atoms. The maximum absolute atomic E-state index is 14.2. The van der Waals surface area contributed by atoms with Gasteiger partial charge in [-0.2, -0.15) is 0 Å². The number of piperidine rings is 1. The minimum absolute atomic E-state index is 0.0554. The quantitative estimate of drug-likeness (QED) is 0.734. The minimum atomic E-state index is -0.543. The Morgan fingerprint density at radius 1 is 1.20 bits per heavy atom. The second-order valence-corrected chi connectivity index (χ2v) is 6.07. The summed E-state index contributed by atoms with van der Waals surface area (Å²) >= 11 is 5.87. The molecule has 0 aliphatic carbocycles. The van der Waals surface area contributed by atoms with Crippen molar-refractivity contribution in [3.63, 3.8) is 0 Å². The molecule has 2 aliphatic heterocycles. The number of nitrogens with zero attached hydrogens (tertiary/aromatic N) is 1. The number of fused-ring (bicyclic) bond motifs is 1. The lowest BCUT2D eigenvalue weighted by atomic mass is 9.98. The summed E-state index contributed by atoms with van der Waals surface area (Å²) in [5.41, 5.74) is 12.3. The molecular weight excluding hydrogens is 279 g/mol. The Bertz CT molecular complexity index is 522. The predicted molar refractivity (Wildman–Crippen MR) is 81.5 cm³/mol. The molecule has 6 heteroatoms. The van der Waals surface area contributed by atoms with Gasteiger partial charge in [0, 0.05) is 18.6 Å². The molecule has 0 bridgehead atoms. The summed E-state index contributed by atoms with van der Waals surface area (Å²) < 4.78 is 14.2. The number of nitrogen functional groups attached to an aromatic ring is 2. The van der Waals surface area contributed by atoms with Gasteiger partial charge in [-0.1, -0.05) is 18.0 Å². The van der Waals surface area contributed by atoms with E-state index in [4.69, 9.17) is 23.1 Å². The Labute approximate surface area is 123 Å². The standard InChI is InChI=1S/C14H20ClFN4/c15-12-8(17)7-9(18)14(13(12)16)19-10-4-6-20-5-2-1-3-11(10)20/h7,10-11,19H,1-6,17-18H2. The molecule has 2 aliphatic rings. The van der Waals surface area contributed by atoms with Crippen LogP contribution in [-0.2, 0) is 0 Å². The van der Waals surface area contributed by atoms with Crippen LogP contribution in [0.2, 0.25) is 5.02 Å². The third kappa shape index (κ3) is 2.29. The van der Waals surface area contributed by atoms with E-state index in [9.17, 15) is 4.39 Å². The molecule has 3 rings (SSSR count). The van der Waals surface area contributed by atoms with Crippen LogP contribution in [0.4, 0.5) is 21.5 Å². The first kappa shape index (κ1) is 13.8. The van der Waals surface area contributed by atoms with Gasteiger partial charge in [-0.3, -0.25) is 4.90 Å². The van der Waals surface area contributed by atoms with E-state index in [1.54, 1.807) is 0 Å². The lowest BCUT2D eigenvalue weighted by Crippen LogP contribution is -2.41. The third-order valence-corrected chi connectivity index (χ3v) is 4.84. The van der Waals surface area contributed by atoms with Gasteiger partial charge in [0.1, 0.15) is 5.02 Å². The molecule has 1 aromatic rings. The van der Waals surface area contributed by atoms with Gasteiger partial charge < -0.3 is 16.8 Å². The topological polar surface area (TPSA) is 67.3 Å². The molecule has 0 aromatic heterocycles. The predicted octanol–water partition coefficient (Wildman–Crippen LogP) is 2.68. The average molecular weight is 299 g/mol. The van der Waals surface area contributed by atoms with Crippen molar-refractivity contribution in [1.29, 1.82) is 0 Å². The summed E-state index contributed by atoms with van der Waals surface area (Å²) in [5, 5.41) is 3.21. The van der Waals surface area contributed by atoms with E-state index >= 15 is 0 Å². The average Bonchev–Trinajstić information content (AvgIpc) is 2.84. The largest absolute Gasteiger partial charge is 0.397 e. The van der Waals surface area contributed by atoms with Crippen molar-refractivity contribution in [3.8, 4) is 0 Å². The van der Waals surface area contributed by atoms with Crippen molar-refractivity contribution in [2.24, 2.45) is 0 Å². The lowest BCUT2D eigenvalue weighted by molar-refractivity contribution is 0.192.